The minimum Gasteiger partial charge on any atom is -0.384 e. The second kappa shape index (κ2) is 5.93. The molecule has 0 bridgehead atoms. The Morgan fingerprint density at radius 1 is 1.29 bits per heavy atom. The average molecular weight is 237 g/mol. The number of anilines is 1. The standard InChI is InChI=1S/C12H19N3O2/c1-16-6-7-17-5-4-12-14-10(9-2-3-9)8-11(13)15-12/h8-9H,2-7H2,1H3,(H2,13,14,15). The van der Waals surface area contributed by atoms with Crippen LogP contribution >= 0.6 is 0 Å². The van der Waals surface area contributed by atoms with Crippen LogP contribution in [0.1, 0.15) is 30.3 Å². The van der Waals surface area contributed by atoms with Crippen molar-refractivity contribution in [1.29, 1.82) is 0 Å². The number of nitrogen functional groups attached to an aromatic ring is 1. The Hall–Kier alpha value is -1.20. The van der Waals surface area contributed by atoms with Crippen molar-refractivity contribution in [1.82, 2.24) is 9.97 Å². The molecule has 2 rings (SSSR count). The summed E-state index contributed by atoms with van der Waals surface area (Å²) in [6.07, 6.45) is 3.15. The minimum atomic E-state index is 0.564. The zero-order chi connectivity index (χ0) is 12.1. The molecule has 5 nitrogen and oxygen atoms in total. The van der Waals surface area contributed by atoms with Crippen LogP contribution in [-0.4, -0.2) is 36.9 Å². The lowest BCUT2D eigenvalue weighted by Gasteiger charge is -2.05. The molecule has 1 aliphatic carbocycles. The fraction of sp³-hybridized carbons (Fsp3) is 0.667. The maximum atomic E-state index is 5.76. The largest absolute Gasteiger partial charge is 0.384 e. The van der Waals surface area contributed by atoms with Crippen LogP contribution in [0.15, 0.2) is 6.07 Å². The van der Waals surface area contributed by atoms with E-state index in [-0.39, 0.29) is 0 Å². The van der Waals surface area contributed by atoms with Gasteiger partial charge in [-0.1, -0.05) is 0 Å². The van der Waals surface area contributed by atoms with Gasteiger partial charge in [-0.15, -0.1) is 0 Å². The van der Waals surface area contributed by atoms with E-state index in [1.54, 1.807) is 7.11 Å². The molecular formula is C12H19N3O2. The molecule has 1 saturated carbocycles. The SMILES string of the molecule is COCCOCCc1nc(N)cc(C2CC2)n1. The summed E-state index contributed by atoms with van der Waals surface area (Å²) in [4.78, 5) is 8.73. The zero-order valence-corrected chi connectivity index (χ0v) is 10.2. The van der Waals surface area contributed by atoms with E-state index < -0.39 is 0 Å². The Morgan fingerprint density at radius 3 is 2.82 bits per heavy atom. The van der Waals surface area contributed by atoms with Gasteiger partial charge in [0, 0.05) is 31.2 Å². The zero-order valence-electron chi connectivity index (χ0n) is 10.2. The van der Waals surface area contributed by atoms with E-state index in [2.05, 4.69) is 9.97 Å². The smallest absolute Gasteiger partial charge is 0.133 e. The van der Waals surface area contributed by atoms with Crippen LogP contribution in [0.2, 0.25) is 0 Å². The second-order valence-corrected chi connectivity index (χ2v) is 4.26. The summed E-state index contributed by atoms with van der Waals surface area (Å²) in [5.74, 6) is 1.95. The van der Waals surface area contributed by atoms with Crippen LogP contribution in [0.3, 0.4) is 0 Å². The first-order chi connectivity index (χ1) is 8.29. The molecule has 1 aromatic heterocycles. The molecule has 0 atom stereocenters. The monoisotopic (exact) mass is 237 g/mol. The predicted molar refractivity (Wildman–Crippen MR) is 64.8 cm³/mol. The Bertz CT molecular complexity index is 367. The maximum Gasteiger partial charge on any atom is 0.133 e. The first kappa shape index (κ1) is 12.3. The van der Waals surface area contributed by atoms with Crippen molar-refractivity contribution in [3.05, 3.63) is 17.6 Å². The number of hydrogen-bond donors (Lipinski definition) is 1. The first-order valence-electron chi connectivity index (χ1n) is 5.99. The normalized spacial score (nSPS) is 15.1. The van der Waals surface area contributed by atoms with E-state index in [1.807, 2.05) is 6.07 Å². The van der Waals surface area contributed by atoms with Gasteiger partial charge in [-0.25, -0.2) is 9.97 Å². The quantitative estimate of drug-likeness (QED) is 0.720. The predicted octanol–water partition coefficient (Wildman–Crippen LogP) is 1.14. The molecule has 0 spiro atoms. The van der Waals surface area contributed by atoms with E-state index in [1.165, 1.54) is 12.8 Å². The van der Waals surface area contributed by atoms with E-state index in [0.717, 1.165) is 11.5 Å². The van der Waals surface area contributed by atoms with Crippen molar-refractivity contribution in [3.8, 4) is 0 Å². The van der Waals surface area contributed by atoms with Gasteiger partial charge >= 0.3 is 0 Å². The molecule has 1 aliphatic rings. The summed E-state index contributed by atoms with van der Waals surface area (Å²) < 4.78 is 10.3. The molecule has 1 heterocycles. The van der Waals surface area contributed by atoms with Gasteiger partial charge in [0.2, 0.25) is 0 Å². The van der Waals surface area contributed by atoms with Crippen LogP contribution in [-0.2, 0) is 15.9 Å². The Labute approximate surface area is 101 Å². The summed E-state index contributed by atoms with van der Waals surface area (Å²) in [5, 5.41) is 0. The third-order valence-corrected chi connectivity index (χ3v) is 2.71. The van der Waals surface area contributed by atoms with E-state index in [9.17, 15) is 0 Å². The van der Waals surface area contributed by atoms with Gasteiger partial charge in [0.05, 0.1) is 19.8 Å². The summed E-state index contributed by atoms with van der Waals surface area (Å²) in [5.41, 5.74) is 6.85. The molecule has 1 aromatic rings. The molecule has 1 fully saturated rings. The van der Waals surface area contributed by atoms with Crippen LogP contribution in [0.5, 0.6) is 0 Å². The molecule has 2 N–H and O–H groups in total. The van der Waals surface area contributed by atoms with Gasteiger partial charge in [-0.05, 0) is 12.8 Å². The molecule has 0 saturated heterocycles. The molecule has 0 aromatic carbocycles. The van der Waals surface area contributed by atoms with Crippen LogP contribution in [0.4, 0.5) is 5.82 Å². The summed E-state index contributed by atoms with van der Waals surface area (Å²) in [6.45, 7) is 1.83. The van der Waals surface area contributed by atoms with Crippen molar-refractivity contribution in [3.63, 3.8) is 0 Å². The molecule has 0 radical (unpaired) electrons. The average Bonchev–Trinajstić information content (AvgIpc) is 3.12. The lowest BCUT2D eigenvalue weighted by Crippen LogP contribution is -2.09. The molecule has 0 unspecified atom stereocenters. The Morgan fingerprint density at radius 2 is 2.12 bits per heavy atom. The molecule has 0 amide bonds. The van der Waals surface area contributed by atoms with Crippen LogP contribution in [0, 0.1) is 0 Å². The number of rotatable bonds is 7. The van der Waals surface area contributed by atoms with Crippen molar-refractivity contribution >= 4 is 5.82 Å². The summed E-state index contributed by atoms with van der Waals surface area (Å²) in [6, 6.07) is 1.88. The van der Waals surface area contributed by atoms with Crippen molar-refractivity contribution in [2.75, 3.05) is 32.7 Å². The van der Waals surface area contributed by atoms with Crippen molar-refractivity contribution < 1.29 is 9.47 Å². The fourth-order valence-electron chi connectivity index (χ4n) is 1.65. The van der Waals surface area contributed by atoms with Crippen molar-refractivity contribution in [2.24, 2.45) is 0 Å². The van der Waals surface area contributed by atoms with Gasteiger partial charge in [0.25, 0.3) is 0 Å². The molecule has 0 aliphatic heterocycles. The molecular weight excluding hydrogens is 218 g/mol. The Balaban J connectivity index is 1.82. The minimum absolute atomic E-state index is 0.564. The number of hydrogen-bond acceptors (Lipinski definition) is 5. The third kappa shape index (κ3) is 3.94. The Kier molecular flexibility index (Phi) is 4.28. The van der Waals surface area contributed by atoms with E-state index in [0.29, 0.717) is 38.0 Å². The lowest BCUT2D eigenvalue weighted by atomic mass is 10.2. The number of nitrogens with two attached hydrogens (primary N) is 1. The van der Waals surface area contributed by atoms with E-state index >= 15 is 0 Å². The highest BCUT2D eigenvalue weighted by Gasteiger charge is 2.25. The number of ether oxygens (including phenoxy) is 2. The van der Waals surface area contributed by atoms with E-state index in [4.69, 9.17) is 15.2 Å². The highest BCUT2D eigenvalue weighted by molar-refractivity contribution is 5.32. The van der Waals surface area contributed by atoms with Gasteiger partial charge in [0.15, 0.2) is 0 Å². The van der Waals surface area contributed by atoms with Crippen molar-refractivity contribution in [2.45, 2.75) is 25.2 Å². The van der Waals surface area contributed by atoms with Gasteiger partial charge < -0.3 is 15.2 Å². The van der Waals surface area contributed by atoms with Crippen LogP contribution < -0.4 is 5.73 Å². The second-order valence-electron chi connectivity index (χ2n) is 4.26. The van der Waals surface area contributed by atoms with Crippen LogP contribution in [0.25, 0.3) is 0 Å². The summed E-state index contributed by atoms with van der Waals surface area (Å²) >= 11 is 0. The molecule has 5 heteroatoms. The van der Waals surface area contributed by atoms with Gasteiger partial charge in [-0.3, -0.25) is 0 Å². The highest BCUT2D eigenvalue weighted by atomic mass is 16.5. The number of methoxy groups -OCH3 is 1. The first-order valence-corrected chi connectivity index (χ1v) is 5.99. The van der Waals surface area contributed by atoms with Gasteiger partial charge in [0.1, 0.15) is 11.6 Å². The number of aromatic nitrogens is 2. The van der Waals surface area contributed by atoms with Gasteiger partial charge in [-0.2, -0.15) is 0 Å². The maximum absolute atomic E-state index is 5.76. The fourth-order valence-corrected chi connectivity index (χ4v) is 1.65. The highest BCUT2D eigenvalue weighted by Crippen LogP contribution is 2.39. The number of nitrogens with zero attached hydrogens (tertiary/aromatic N) is 2. The summed E-state index contributed by atoms with van der Waals surface area (Å²) in [7, 11) is 1.66. The topological polar surface area (TPSA) is 70.3 Å². The third-order valence-electron chi connectivity index (χ3n) is 2.71. The lowest BCUT2D eigenvalue weighted by molar-refractivity contribution is 0.0716. The molecule has 94 valence electrons. The molecule has 17 heavy (non-hydrogen) atoms.